The molecule has 1 fully saturated rings. The number of anilines is 2. The number of rotatable bonds is 5. The van der Waals surface area contributed by atoms with Crippen molar-refractivity contribution in [2.45, 2.75) is 18.6 Å². The predicted octanol–water partition coefficient (Wildman–Crippen LogP) is 5.71. The number of benzene rings is 3. The molecule has 0 radical (unpaired) electrons. The van der Waals surface area contributed by atoms with Crippen LogP contribution in [0.2, 0.25) is 5.02 Å². The van der Waals surface area contributed by atoms with E-state index >= 15 is 0 Å². The molecule has 0 aromatic heterocycles. The van der Waals surface area contributed by atoms with Crippen molar-refractivity contribution in [3.63, 3.8) is 0 Å². The molecule has 33 heavy (non-hydrogen) atoms. The number of nitrogens with zero attached hydrogens (tertiary/aromatic N) is 2. The van der Waals surface area contributed by atoms with Crippen molar-refractivity contribution < 1.29 is 9.59 Å². The largest absolute Gasteiger partial charge is 0.321 e. The summed E-state index contributed by atoms with van der Waals surface area (Å²) in [4.78, 5) is 27.9. The van der Waals surface area contributed by atoms with Crippen LogP contribution in [0.15, 0.2) is 89.5 Å². The van der Waals surface area contributed by atoms with Gasteiger partial charge in [0.1, 0.15) is 16.7 Å². The van der Waals surface area contributed by atoms with Gasteiger partial charge in [-0.3, -0.25) is 14.5 Å². The molecule has 0 bridgehead atoms. The van der Waals surface area contributed by atoms with Crippen LogP contribution in [0.25, 0.3) is 0 Å². The molecule has 5 nitrogen and oxygen atoms in total. The van der Waals surface area contributed by atoms with Crippen LogP contribution >= 0.6 is 23.4 Å². The minimum atomic E-state index is -0.551. The van der Waals surface area contributed by atoms with E-state index in [9.17, 15) is 14.9 Å². The van der Waals surface area contributed by atoms with Gasteiger partial charge < -0.3 is 5.32 Å². The first kappa shape index (κ1) is 22.7. The van der Waals surface area contributed by atoms with Crippen molar-refractivity contribution in [2.75, 3.05) is 10.2 Å². The Bertz CT molecular complexity index is 1250. The monoisotopic (exact) mass is 473 g/mol. The van der Waals surface area contributed by atoms with Gasteiger partial charge in [-0.2, -0.15) is 5.26 Å². The maximum Gasteiger partial charge on any atom is 0.269 e. The van der Waals surface area contributed by atoms with Crippen molar-refractivity contribution >= 4 is 46.6 Å². The number of carbonyl (C=O) groups is 2. The molecule has 1 heterocycles. The Morgan fingerprint density at radius 3 is 2.36 bits per heavy atom. The van der Waals surface area contributed by atoms with Crippen LogP contribution in [0.1, 0.15) is 11.1 Å². The Balaban J connectivity index is 1.70. The van der Waals surface area contributed by atoms with Crippen LogP contribution in [-0.2, 0) is 16.0 Å². The van der Waals surface area contributed by atoms with E-state index in [0.717, 1.165) is 11.1 Å². The summed E-state index contributed by atoms with van der Waals surface area (Å²) < 4.78 is 0. The first-order valence-electron chi connectivity index (χ1n) is 10.3. The molecule has 2 amide bonds. The number of aryl methyl sites for hydroxylation is 1. The summed E-state index contributed by atoms with van der Waals surface area (Å²) in [6.07, 6.45) is 0.450. The Labute approximate surface area is 201 Å². The molecule has 1 aliphatic heterocycles. The standard InChI is InChI=1S/C26H20ClN3O2S/c1-17-7-13-20(14-8-17)29-24(31)22(16-28)26-30(21-5-3-2-4-6-21)25(32)23(33-26)15-18-9-11-19(27)12-10-18/h2-14,23H,15H2,1H3,(H,29,31)/b26-22-/t23-/m1/s1. The quantitative estimate of drug-likeness (QED) is 0.380. The number of amides is 2. The fraction of sp³-hybridized carbons (Fsp3) is 0.115. The van der Waals surface area contributed by atoms with Crippen molar-refractivity contribution in [3.05, 3.63) is 106 Å². The highest BCUT2D eigenvalue weighted by molar-refractivity contribution is 8.05. The molecular weight excluding hydrogens is 454 g/mol. The molecule has 0 spiro atoms. The van der Waals surface area contributed by atoms with Crippen molar-refractivity contribution in [2.24, 2.45) is 0 Å². The Morgan fingerprint density at radius 2 is 1.73 bits per heavy atom. The van der Waals surface area contributed by atoms with Gasteiger partial charge in [0.25, 0.3) is 5.91 Å². The van der Waals surface area contributed by atoms with E-state index in [0.29, 0.717) is 27.8 Å². The maximum atomic E-state index is 13.4. The fourth-order valence-corrected chi connectivity index (χ4v) is 4.90. The first-order chi connectivity index (χ1) is 16.0. The summed E-state index contributed by atoms with van der Waals surface area (Å²) in [5, 5.41) is 13.1. The average molecular weight is 474 g/mol. The van der Waals surface area contributed by atoms with E-state index in [1.165, 1.54) is 16.7 Å². The summed E-state index contributed by atoms with van der Waals surface area (Å²) in [5.74, 6) is -0.725. The third-order valence-electron chi connectivity index (χ3n) is 5.16. The number of hydrogen-bond donors (Lipinski definition) is 1. The Morgan fingerprint density at radius 1 is 1.06 bits per heavy atom. The number of para-hydroxylation sites is 1. The van der Waals surface area contributed by atoms with Crippen LogP contribution in [0.3, 0.4) is 0 Å². The van der Waals surface area contributed by atoms with E-state index in [1.54, 1.807) is 36.4 Å². The van der Waals surface area contributed by atoms with E-state index in [4.69, 9.17) is 11.6 Å². The molecule has 164 valence electrons. The van der Waals surface area contributed by atoms with Crippen LogP contribution in [0, 0.1) is 18.3 Å². The average Bonchev–Trinajstić information content (AvgIpc) is 3.13. The lowest BCUT2D eigenvalue weighted by Crippen LogP contribution is -2.30. The summed E-state index contributed by atoms with van der Waals surface area (Å²) >= 11 is 7.22. The van der Waals surface area contributed by atoms with Crippen molar-refractivity contribution in [1.29, 1.82) is 5.26 Å². The van der Waals surface area contributed by atoms with Gasteiger partial charge in [0.2, 0.25) is 5.91 Å². The molecule has 1 atom stereocenters. The van der Waals surface area contributed by atoms with Gasteiger partial charge in [-0.05, 0) is 55.3 Å². The normalized spacial score (nSPS) is 16.9. The van der Waals surface area contributed by atoms with Crippen LogP contribution < -0.4 is 10.2 Å². The zero-order valence-electron chi connectivity index (χ0n) is 17.8. The first-order valence-corrected chi connectivity index (χ1v) is 11.5. The second-order valence-electron chi connectivity index (χ2n) is 7.56. The zero-order chi connectivity index (χ0) is 23.4. The molecule has 0 saturated carbocycles. The van der Waals surface area contributed by atoms with Gasteiger partial charge in [-0.25, -0.2) is 0 Å². The Kier molecular flexibility index (Phi) is 6.83. The second kappa shape index (κ2) is 9.95. The van der Waals surface area contributed by atoms with Gasteiger partial charge in [-0.1, -0.05) is 71.4 Å². The highest BCUT2D eigenvalue weighted by Crippen LogP contribution is 2.42. The van der Waals surface area contributed by atoms with E-state index in [2.05, 4.69) is 5.32 Å². The topological polar surface area (TPSA) is 73.2 Å². The molecule has 1 aliphatic rings. The van der Waals surface area contributed by atoms with Crippen molar-refractivity contribution in [1.82, 2.24) is 0 Å². The minimum absolute atomic E-state index is 0.101. The summed E-state index contributed by atoms with van der Waals surface area (Å²) in [5.41, 5.74) is 3.10. The molecule has 0 aliphatic carbocycles. The number of halogens is 1. The maximum absolute atomic E-state index is 13.4. The number of thioether (sulfide) groups is 1. The highest BCUT2D eigenvalue weighted by Gasteiger charge is 2.40. The lowest BCUT2D eigenvalue weighted by molar-refractivity contribution is -0.117. The van der Waals surface area contributed by atoms with Gasteiger partial charge >= 0.3 is 0 Å². The number of nitrogens with one attached hydrogen (secondary N) is 1. The number of hydrogen-bond acceptors (Lipinski definition) is 4. The molecule has 1 saturated heterocycles. The lowest BCUT2D eigenvalue weighted by atomic mass is 10.1. The molecule has 3 aromatic carbocycles. The molecule has 4 rings (SSSR count). The second-order valence-corrected chi connectivity index (χ2v) is 9.19. The van der Waals surface area contributed by atoms with Gasteiger partial charge in [0, 0.05) is 16.4 Å². The molecular formula is C26H20ClN3O2S. The zero-order valence-corrected chi connectivity index (χ0v) is 19.4. The summed E-state index contributed by atoms with van der Waals surface area (Å²) in [6.45, 7) is 1.95. The SMILES string of the molecule is Cc1ccc(NC(=O)/C(C#N)=C2\S[C@H](Cc3ccc(Cl)cc3)C(=O)N2c2ccccc2)cc1. The van der Waals surface area contributed by atoms with Gasteiger partial charge in [0.05, 0.1) is 5.25 Å². The van der Waals surface area contributed by atoms with E-state index < -0.39 is 11.2 Å². The smallest absolute Gasteiger partial charge is 0.269 e. The van der Waals surface area contributed by atoms with Crippen LogP contribution in [-0.4, -0.2) is 17.1 Å². The number of nitriles is 1. The summed E-state index contributed by atoms with van der Waals surface area (Å²) in [6, 6.07) is 25.7. The third kappa shape index (κ3) is 5.11. The molecule has 7 heteroatoms. The molecule has 0 unspecified atom stereocenters. The van der Waals surface area contributed by atoms with Crippen LogP contribution in [0.5, 0.6) is 0 Å². The van der Waals surface area contributed by atoms with E-state index in [1.807, 2.05) is 55.5 Å². The predicted molar refractivity (Wildman–Crippen MR) is 133 cm³/mol. The van der Waals surface area contributed by atoms with Gasteiger partial charge in [0.15, 0.2) is 0 Å². The minimum Gasteiger partial charge on any atom is -0.321 e. The lowest BCUT2D eigenvalue weighted by Gasteiger charge is -2.18. The Hall–Kier alpha value is -3.53. The van der Waals surface area contributed by atoms with Crippen molar-refractivity contribution in [3.8, 4) is 6.07 Å². The molecule has 1 N–H and O–H groups in total. The highest BCUT2D eigenvalue weighted by atomic mass is 35.5. The third-order valence-corrected chi connectivity index (χ3v) is 6.68. The van der Waals surface area contributed by atoms with E-state index in [-0.39, 0.29) is 11.5 Å². The molecule has 3 aromatic rings. The summed E-state index contributed by atoms with van der Waals surface area (Å²) in [7, 11) is 0. The fourth-order valence-electron chi connectivity index (χ4n) is 3.46. The van der Waals surface area contributed by atoms with Crippen LogP contribution in [0.4, 0.5) is 11.4 Å². The number of carbonyl (C=O) groups excluding carboxylic acids is 2. The van der Waals surface area contributed by atoms with Gasteiger partial charge in [-0.15, -0.1) is 0 Å².